The molecule has 0 bridgehead atoms. The lowest BCUT2D eigenvalue weighted by molar-refractivity contribution is 0.0303. The van der Waals surface area contributed by atoms with E-state index in [4.69, 9.17) is 10.00 Å². The van der Waals surface area contributed by atoms with Gasteiger partial charge in [-0.05, 0) is 41.0 Å². The summed E-state index contributed by atoms with van der Waals surface area (Å²) in [7, 11) is 0. The number of nitrogens with zero attached hydrogens (tertiary/aromatic N) is 5. The van der Waals surface area contributed by atoms with Crippen LogP contribution in [-0.2, 0) is 17.8 Å². The average molecular weight is 516 g/mol. The Hall–Kier alpha value is -4.67. The molecule has 0 radical (unpaired) electrons. The summed E-state index contributed by atoms with van der Waals surface area (Å²) in [6.07, 6.45) is 5.93. The molecule has 3 heterocycles. The summed E-state index contributed by atoms with van der Waals surface area (Å²) in [6.45, 7) is 5.55. The van der Waals surface area contributed by atoms with E-state index >= 15 is 0 Å². The average Bonchev–Trinajstić information content (AvgIpc) is 3.56. The summed E-state index contributed by atoms with van der Waals surface area (Å²) < 4.78 is 9.73. The van der Waals surface area contributed by atoms with Crippen LogP contribution in [0.1, 0.15) is 32.9 Å². The Labute approximate surface area is 227 Å². The van der Waals surface area contributed by atoms with E-state index in [0.29, 0.717) is 50.5 Å². The Balaban J connectivity index is 1.38. The molecular weight excluding hydrogens is 486 g/mol. The highest BCUT2D eigenvalue weighted by Crippen LogP contribution is 2.33. The van der Waals surface area contributed by atoms with Gasteiger partial charge in [0.2, 0.25) is 0 Å². The van der Waals surface area contributed by atoms with Crippen LogP contribution in [0.25, 0.3) is 21.9 Å². The SMILES string of the molecule is Cc1ncn(Cc2ccc(C#N)cc2)c1Cn1cc(C(=O)N2CCOCC2)c(-c2cccc3ccccc23)c1. The monoisotopic (exact) mass is 515 g/mol. The molecule has 2 aromatic heterocycles. The fraction of sp³-hybridized carbons (Fsp3) is 0.219. The third-order valence-electron chi connectivity index (χ3n) is 7.41. The van der Waals surface area contributed by atoms with Crippen LogP contribution in [0.15, 0.2) is 85.5 Å². The first-order valence-electron chi connectivity index (χ1n) is 13.2. The maximum absolute atomic E-state index is 13.8. The third kappa shape index (κ3) is 4.95. The van der Waals surface area contributed by atoms with Gasteiger partial charge in [0.25, 0.3) is 5.91 Å². The van der Waals surface area contributed by atoms with Crippen LogP contribution in [0.3, 0.4) is 0 Å². The van der Waals surface area contributed by atoms with Crippen molar-refractivity contribution in [1.29, 1.82) is 5.26 Å². The van der Waals surface area contributed by atoms with Crippen molar-refractivity contribution in [3.8, 4) is 17.2 Å². The van der Waals surface area contributed by atoms with E-state index in [-0.39, 0.29) is 5.91 Å². The number of fused-ring (bicyclic) bond motifs is 1. The lowest BCUT2D eigenvalue weighted by atomic mass is 9.97. The minimum absolute atomic E-state index is 0.0304. The zero-order chi connectivity index (χ0) is 26.8. The second kappa shape index (κ2) is 10.6. The molecule has 7 nitrogen and oxygen atoms in total. The molecular formula is C32H29N5O2. The van der Waals surface area contributed by atoms with Crippen molar-refractivity contribution in [2.75, 3.05) is 26.3 Å². The van der Waals surface area contributed by atoms with Gasteiger partial charge in [0.15, 0.2) is 0 Å². The second-order valence-electron chi connectivity index (χ2n) is 9.90. The van der Waals surface area contributed by atoms with Gasteiger partial charge >= 0.3 is 0 Å². The number of hydrogen-bond donors (Lipinski definition) is 0. The van der Waals surface area contributed by atoms with Gasteiger partial charge in [0.05, 0.1) is 54.7 Å². The first kappa shape index (κ1) is 24.7. The minimum atomic E-state index is 0.0304. The number of carbonyl (C=O) groups is 1. The van der Waals surface area contributed by atoms with Crippen LogP contribution in [0, 0.1) is 18.3 Å². The van der Waals surface area contributed by atoms with Gasteiger partial charge in [-0.15, -0.1) is 0 Å². The quantitative estimate of drug-likeness (QED) is 0.309. The fourth-order valence-corrected chi connectivity index (χ4v) is 5.29. The Kier molecular flexibility index (Phi) is 6.70. The van der Waals surface area contributed by atoms with Crippen LogP contribution in [-0.4, -0.2) is 51.2 Å². The zero-order valence-electron chi connectivity index (χ0n) is 21.9. The molecule has 6 rings (SSSR count). The molecule has 0 aliphatic carbocycles. The molecule has 1 amide bonds. The molecule has 0 N–H and O–H groups in total. The Morgan fingerprint density at radius 2 is 1.72 bits per heavy atom. The molecule has 1 aliphatic rings. The molecule has 1 saturated heterocycles. The number of rotatable bonds is 6. The molecule has 3 aromatic carbocycles. The summed E-state index contributed by atoms with van der Waals surface area (Å²) >= 11 is 0. The summed E-state index contributed by atoms with van der Waals surface area (Å²) in [6, 6.07) is 24.3. The molecule has 194 valence electrons. The summed E-state index contributed by atoms with van der Waals surface area (Å²) in [5.74, 6) is 0.0304. The first-order chi connectivity index (χ1) is 19.1. The molecule has 39 heavy (non-hydrogen) atoms. The van der Waals surface area contributed by atoms with E-state index in [1.807, 2.05) is 60.7 Å². The molecule has 0 unspecified atom stereocenters. The van der Waals surface area contributed by atoms with E-state index in [1.54, 1.807) is 0 Å². The molecule has 1 fully saturated rings. The maximum atomic E-state index is 13.8. The number of imidazole rings is 1. The topological polar surface area (TPSA) is 76.1 Å². The molecule has 0 saturated carbocycles. The van der Waals surface area contributed by atoms with E-state index in [2.05, 4.69) is 56.7 Å². The van der Waals surface area contributed by atoms with Crippen LogP contribution < -0.4 is 0 Å². The zero-order valence-corrected chi connectivity index (χ0v) is 21.9. The first-order valence-corrected chi connectivity index (χ1v) is 13.2. The number of nitriles is 1. The predicted octanol–water partition coefficient (Wildman–Crippen LogP) is 5.25. The van der Waals surface area contributed by atoms with Crippen LogP contribution in [0.2, 0.25) is 0 Å². The van der Waals surface area contributed by atoms with Crippen molar-refractivity contribution in [2.24, 2.45) is 0 Å². The summed E-state index contributed by atoms with van der Waals surface area (Å²) in [5.41, 5.74) is 6.44. The van der Waals surface area contributed by atoms with Crippen molar-refractivity contribution in [3.05, 3.63) is 114 Å². The van der Waals surface area contributed by atoms with Crippen molar-refractivity contribution >= 4 is 16.7 Å². The van der Waals surface area contributed by atoms with E-state index in [1.165, 1.54) is 0 Å². The van der Waals surface area contributed by atoms with Crippen molar-refractivity contribution < 1.29 is 9.53 Å². The minimum Gasteiger partial charge on any atom is -0.378 e. The summed E-state index contributed by atoms with van der Waals surface area (Å²) in [5, 5.41) is 11.4. The van der Waals surface area contributed by atoms with E-state index < -0.39 is 0 Å². The van der Waals surface area contributed by atoms with Crippen molar-refractivity contribution in [2.45, 2.75) is 20.0 Å². The number of benzene rings is 3. The molecule has 1 aliphatic heterocycles. The van der Waals surface area contributed by atoms with E-state index in [0.717, 1.165) is 38.9 Å². The number of ether oxygens (including phenoxy) is 1. The standard InChI is InChI=1S/C32H29N5O2/c1-23-31(37(22-34-23)18-25-11-9-24(17-33)10-12-25)21-35-19-29(28-8-4-6-26-5-2-3-7-27(26)28)30(20-35)32(38)36-13-15-39-16-14-36/h2-12,19-20,22H,13-16,18,21H2,1H3. The van der Waals surface area contributed by atoms with Gasteiger partial charge in [0, 0.05) is 37.6 Å². The number of amides is 1. The third-order valence-corrected chi connectivity index (χ3v) is 7.41. The van der Waals surface area contributed by atoms with Gasteiger partial charge in [-0.25, -0.2) is 4.98 Å². The Morgan fingerprint density at radius 3 is 2.51 bits per heavy atom. The molecule has 0 spiro atoms. The van der Waals surface area contributed by atoms with Crippen LogP contribution >= 0.6 is 0 Å². The highest BCUT2D eigenvalue weighted by atomic mass is 16.5. The van der Waals surface area contributed by atoms with E-state index in [9.17, 15) is 4.79 Å². The van der Waals surface area contributed by atoms with Gasteiger partial charge in [-0.2, -0.15) is 5.26 Å². The number of hydrogen-bond acceptors (Lipinski definition) is 4. The predicted molar refractivity (Wildman–Crippen MR) is 150 cm³/mol. The number of aryl methyl sites for hydroxylation is 1. The highest BCUT2D eigenvalue weighted by Gasteiger charge is 2.24. The van der Waals surface area contributed by atoms with Crippen LogP contribution in [0.5, 0.6) is 0 Å². The van der Waals surface area contributed by atoms with Gasteiger partial charge in [-0.3, -0.25) is 4.79 Å². The van der Waals surface area contributed by atoms with Gasteiger partial charge in [-0.1, -0.05) is 54.6 Å². The van der Waals surface area contributed by atoms with Crippen LogP contribution in [0.4, 0.5) is 0 Å². The molecule has 7 heteroatoms. The molecule has 5 aromatic rings. The number of carbonyl (C=O) groups excluding carboxylic acids is 1. The largest absolute Gasteiger partial charge is 0.378 e. The highest BCUT2D eigenvalue weighted by molar-refractivity contribution is 6.06. The number of aromatic nitrogens is 3. The Bertz CT molecular complexity index is 1680. The normalized spacial score (nSPS) is 13.5. The lowest BCUT2D eigenvalue weighted by Gasteiger charge is -2.27. The maximum Gasteiger partial charge on any atom is 0.256 e. The van der Waals surface area contributed by atoms with Crippen molar-refractivity contribution in [1.82, 2.24) is 19.0 Å². The number of morpholine rings is 1. The van der Waals surface area contributed by atoms with Gasteiger partial charge < -0.3 is 18.8 Å². The second-order valence-corrected chi connectivity index (χ2v) is 9.90. The van der Waals surface area contributed by atoms with Crippen molar-refractivity contribution in [3.63, 3.8) is 0 Å². The molecule has 0 atom stereocenters. The smallest absolute Gasteiger partial charge is 0.256 e. The summed E-state index contributed by atoms with van der Waals surface area (Å²) in [4.78, 5) is 20.3. The lowest BCUT2D eigenvalue weighted by Crippen LogP contribution is -2.40. The Morgan fingerprint density at radius 1 is 0.949 bits per heavy atom. The fourth-order valence-electron chi connectivity index (χ4n) is 5.29. The van der Waals surface area contributed by atoms with Gasteiger partial charge in [0.1, 0.15) is 0 Å².